The first-order valence-electron chi connectivity index (χ1n) is 6.43. The minimum Gasteiger partial charge on any atom is -0.291 e. The van der Waals surface area contributed by atoms with Gasteiger partial charge in [-0.05, 0) is 32.2 Å². The standard InChI is InChI=1S/C14H20ClN3S/c1-10(2)18(8-12-6-5-7-19-12)9-13-11(3)16-17(4)14(13)15/h5-7,10H,8-9H2,1-4H3. The molecule has 104 valence electrons. The van der Waals surface area contributed by atoms with Crippen molar-refractivity contribution >= 4 is 22.9 Å². The number of aromatic nitrogens is 2. The average molecular weight is 298 g/mol. The first-order valence-corrected chi connectivity index (χ1v) is 7.69. The Morgan fingerprint density at radius 1 is 1.42 bits per heavy atom. The third kappa shape index (κ3) is 3.38. The summed E-state index contributed by atoms with van der Waals surface area (Å²) in [5.41, 5.74) is 2.15. The molecule has 0 radical (unpaired) electrons. The van der Waals surface area contributed by atoms with E-state index in [9.17, 15) is 0 Å². The molecule has 0 saturated heterocycles. The van der Waals surface area contributed by atoms with Gasteiger partial charge in [-0.25, -0.2) is 0 Å². The second kappa shape index (κ2) is 6.07. The van der Waals surface area contributed by atoms with Crippen molar-refractivity contribution in [2.45, 2.75) is 39.9 Å². The molecule has 0 unspecified atom stereocenters. The van der Waals surface area contributed by atoms with Gasteiger partial charge in [0.1, 0.15) is 5.15 Å². The smallest absolute Gasteiger partial charge is 0.131 e. The molecule has 0 bridgehead atoms. The Labute approximate surface area is 123 Å². The molecule has 3 nitrogen and oxygen atoms in total. The second-order valence-corrected chi connectivity index (χ2v) is 6.45. The predicted molar refractivity (Wildman–Crippen MR) is 81.7 cm³/mol. The Kier molecular flexibility index (Phi) is 4.66. The molecule has 19 heavy (non-hydrogen) atoms. The van der Waals surface area contributed by atoms with E-state index in [2.05, 4.69) is 41.4 Å². The summed E-state index contributed by atoms with van der Waals surface area (Å²) >= 11 is 8.12. The van der Waals surface area contributed by atoms with Gasteiger partial charge in [-0.3, -0.25) is 9.58 Å². The maximum absolute atomic E-state index is 6.32. The summed E-state index contributed by atoms with van der Waals surface area (Å²) in [7, 11) is 1.89. The van der Waals surface area contributed by atoms with Crippen molar-refractivity contribution in [1.29, 1.82) is 0 Å². The molecule has 0 fully saturated rings. The Hall–Kier alpha value is -0.840. The number of rotatable bonds is 5. The fourth-order valence-electron chi connectivity index (χ4n) is 2.08. The quantitative estimate of drug-likeness (QED) is 0.836. The zero-order valence-corrected chi connectivity index (χ0v) is 13.4. The highest BCUT2D eigenvalue weighted by molar-refractivity contribution is 7.09. The highest BCUT2D eigenvalue weighted by atomic mass is 35.5. The number of hydrogen-bond acceptors (Lipinski definition) is 3. The van der Waals surface area contributed by atoms with Crippen LogP contribution >= 0.6 is 22.9 Å². The van der Waals surface area contributed by atoms with E-state index in [1.54, 1.807) is 16.0 Å². The molecule has 0 aromatic carbocycles. The van der Waals surface area contributed by atoms with Crippen LogP contribution in [0.3, 0.4) is 0 Å². The molecular formula is C14H20ClN3S. The van der Waals surface area contributed by atoms with Crippen LogP contribution in [-0.2, 0) is 20.1 Å². The van der Waals surface area contributed by atoms with Crippen LogP contribution in [0.4, 0.5) is 0 Å². The van der Waals surface area contributed by atoms with Crippen LogP contribution in [0.25, 0.3) is 0 Å². The highest BCUT2D eigenvalue weighted by Crippen LogP contribution is 2.23. The van der Waals surface area contributed by atoms with Gasteiger partial charge < -0.3 is 0 Å². The van der Waals surface area contributed by atoms with Crippen molar-refractivity contribution in [2.75, 3.05) is 0 Å². The maximum atomic E-state index is 6.32. The van der Waals surface area contributed by atoms with E-state index in [4.69, 9.17) is 11.6 Å². The largest absolute Gasteiger partial charge is 0.291 e. The SMILES string of the molecule is Cc1nn(C)c(Cl)c1CN(Cc1cccs1)C(C)C. The van der Waals surface area contributed by atoms with Crippen LogP contribution in [0.5, 0.6) is 0 Å². The number of halogens is 1. The van der Waals surface area contributed by atoms with Crippen LogP contribution in [0.15, 0.2) is 17.5 Å². The molecular weight excluding hydrogens is 278 g/mol. The first kappa shape index (κ1) is 14.6. The first-order chi connectivity index (χ1) is 8.99. The van der Waals surface area contributed by atoms with Crippen molar-refractivity contribution in [3.63, 3.8) is 0 Å². The van der Waals surface area contributed by atoms with E-state index < -0.39 is 0 Å². The van der Waals surface area contributed by atoms with E-state index in [0.717, 1.165) is 29.5 Å². The molecule has 2 aromatic rings. The molecule has 0 N–H and O–H groups in total. The summed E-state index contributed by atoms with van der Waals surface area (Å²) in [6.45, 7) is 8.25. The van der Waals surface area contributed by atoms with Crippen LogP contribution in [0, 0.1) is 6.92 Å². The lowest BCUT2D eigenvalue weighted by atomic mass is 10.2. The summed E-state index contributed by atoms with van der Waals surface area (Å²) in [6.07, 6.45) is 0. The molecule has 5 heteroatoms. The summed E-state index contributed by atoms with van der Waals surface area (Å²) < 4.78 is 1.75. The summed E-state index contributed by atoms with van der Waals surface area (Å²) in [5, 5.41) is 7.25. The Morgan fingerprint density at radius 2 is 2.16 bits per heavy atom. The molecule has 0 aliphatic rings. The van der Waals surface area contributed by atoms with Gasteiger partial charge in [-0.15, -0.1) is 11.3 Å². The van der Waals surface area contributed by atoms with Crippen molar-refractivity contribution in [1.82, 2.24) is 14.7 Å². The fraction of sp³-hybridized carbons (Fsp3) is 0.500. The summed E-state index contributed by atoms with van der Waals surface area (Å²) in [5.74, 6) is 0. The van der Waals surface area contributed by atoms with Gasteiger partial charge in [0.05, 0.1) is 5.69 Å². The lowest BCUT2D eigenvalue weighted by Crippen LogP contribution is -2.29. The van der Waals surface area contributed by atoms with Crippen molar-refractivity contribution in [2.24, 2.45) is 7.05 Å². The minimum absolute atomic E-state index is 0.470. The molecule has 0 aliphatic carbocycles. The van der Waals surface area contributed by atoms with Crippen molar-refractivity contribution in [3.8, 4) is 0 Å². The van der Waals surface area contributed by atoms with Gasteiger partial charge >= 0.3 is 0 Å². The van der Waals surface area contributed by atoms with Gasteiger partial charge in [0.2, 0.25) is 0 Å². The van der Waals surface area contributed by atoms with Crippen LogP contribution in [0.2, 0.25) is 5.15 Å². The molecule has 0 atom stereocenters. The zero-order valence-electron chi connectivity index (χ0n) is 11.9. The van der Waals surface area contributed by atoms with E-state index >= 15 is 0 Å². The van der Waals surface area contributed by atoms with E-state index in [-0.39, 0.29) is 0 Å². The fourth-order valence-corrected chi connectivity index (χ4v) is 3.04. The molecule has 2 aromatic heterocycles. The molecule has 2 rings (SSSR count). The second-order valence-electron chi connectivity index (χ2n) is 5.06. The van der Waals surface area contributed by atoms with Gasteiger partial charge in [0, 0.05) is 36.6 Å². The Balaban J connectivity index is 2.17. The van der Waals surface area contributed by atoms with Crippen LogP contribution < -0.4 is 0 Å². The monoisotopic (exact) mass is 297 g/mol. The van der Waals surface area contributed by atoms with Gasteiger partial charge in [0.25, 0.3) is 0 Å². The molecule has 0 saturated carbocycles. The third-order valence-electron chi connectivity index (χ3n) is 3.30. The third-order valence-corrected chi connectivity index (χ3v) is 4.63. The summed E-state index contributed by atoms with van der Waals surface area (Å²) in [4.78, 5) is 3.80. The highest BCUT2D eigenvalue weighted by Gasteiger charge is 2.17. The van der Waals surface area contributed by atoms with E-state index in [1.165, 1.54) is 4.88 Å². The number of hydrogen-bond donors (Lipinski definition) is 0. The van der Waals surface area contributed by atoms with Crippen LogP contribution in [0.1, 0.15) is 30.0 Å². The van der Waals surface area contributed by atoms with Crippen molar-refractivity contribution in [3.05, 3.63) is 38.8 Å². The number of thiophene rings is 1. The number of nitrogens with zero attached hydrogens (tertiary/aromatic N) is 3. The molecule has 0 amide bonds. The number of aryl methyl sites for hydroxylation is 2. The maximum Gasteiger partial charge on any atom is 0.131 e. The Bertz CT molecular complexity index is 531. The van der Waals surface area contributed by atoms with Gasteiger partial charge in [0.15, 0.2) is 0 Å². The van der Waals surface area contributed by atoms with Gasteiger partial charge in [-0.2, -0.15) is 5.10 Å². The normalized spacial score (nSPS) is 11.7. The predicted octanol–water partition coefficient (Wildman–Crippen LogP) is 3.85. The lowest BCUT2D eigenvalue weighted by molar-refractivity contribution is 0.205. The molecule has 0 aliphatic heterocycles. The minimum atomic E-state index is 0.470. The Morgan fingerprint density at radius 3 is 2.63 bits per heavy atom. The molecule has 0 spiro atoms. The average Bonchev–Trinajstić information content (AvgIpc) is 2.92. The van der Waals surface area contributed by atoms with Crippen molar-refractivity contribution < 1.29 is 0 Å². The lowest BCUT2D eigenvalue weighted by Gasteiger charge is -2.25. The molecule has 2 heterocycles. The summed E-state index contributed by atoms with van der Waals surface area (Å²) in [6, 6.07) is 4.75. The zero-order chi connectivity index (χ0) is 14.0. The van der Waals surface area contributed by atoms with Gasteiger partial charge in [-0.1, -0.05) is 17.7 Å². The topological polar surface area (TPSA) is 21.1 Å². The van der Waals surface area contributed by atoms with E-state index in [1.807, 2.05) is 14.0 Å². The van der Waals surface area contributed by atoms with E-state index in [0.29, 0.717) is 6.04 Å². The van der Waals surface area contributed by atoms with Crippen LogP contribution in [-0.4, -0.2) is 20.7 Å².